The summed E-state index contributed by atoms with van der Waals surface area (Å²) in [5.74, 6) is 0.362. The lowest BCUT2D eigenvalue weighted by molar-refractivity contribution is -0.136. The molecule has 1 saturated heterocycles. The molecule has 2 aliphatic heterocycles. The number of carbonyl (C=O) groups is 2. The van der Waals surface area contributed by atoms with Crippen molar-refractivity contribution in [3.05, 3.63) is 29.8 Å². The Morgan fingerprint density at radius 2 is 1.74 bits per heavy atom. The first-order valence-electron chi connectivity index (χ1n) is 9.14. The molecule has 152 valence electrons. The fourth-order valence-electron chi connectivity index (χ4n) is 3.71. The van der Waals surface area contributed by atoms with E-state index in [9.17, 15) is 9.59 Å². The molecule has 27 heavy (non-hydrogen) atoms. The SMILES string of the molecule is CNCC(C)C(=O)N1CCN(CC(=O)N2CCc3ccccc32)CC1.Cl.Cl. The summed E-state index contributed by atoms with van der Waals surface area (Å²) in [5.41, 5.74) is 2.31. The highest BCUT2D eigenvalue weighted by Crippen LogP contribution is 2.27. The first-order valence-corrected chi connectivity index (χ1v) is 9.14. The minimum absolute atomic E-state index is 0. The lowest BCUT2D eigenvalue weighted by Crippen LogP contribution is -2.53. The minimum Gasteiger partial charge on any atom is -0.340 e. The molecule has 8 heteroatoms. The first kappa shape index (κ1) is 23.7. The van der Waals surface area contributed by atoms with Crippen molar-refractivity contribution < 1.29 is 9.59 Å². The van der Waals surface area contributed by atoms with Crippen LogP contribution in [0.15, 0.2) is 24.3 Å². The van der Waals surface area contributed by atoms with Crippen LogP contribution in [-0.4, -0.2) is 74.5 Å². The fraction of sp³-hybridized carbons (Fsp3) is 0.579. The zero-order chi connectivity index (χ0) is 17.8. The number of piperazine rings is 1. The maximum Gasteiger partial charge on any atom is 0.241 e. The number of nitrogens with one attached hydrogen (secondary N) is 1. The van der Waals surface area contributed by atoms with Crippen LogP contribution in [0.1, 0.15) is 12.5 Å². The molecule has 0 saturated carbocycles. The van der Waals surface area contributed by atoms with Gasteiger partial charge in [0.2, 0.25) is 11.8 Å². The number of hydrogen-bond donors (Lipinski definition) is 1. The molecule has 1 aromatic rings. The number of carbonyl (C=O) groups excluding carboxylic acids is 2. The van der Waals surface area contributed by atoms with Crippen LogP contribution in [0.3, 0.4) is 0 Å². The Balaban J connectivity index is 0.00000182. The third-order valence-electron chi connectivity index (χ3n) is 5.16. The second-order valence-electron chi connectivity index (χ2n) is 6.98. The van der Waals surface area contributed by atoms with Gasteiger partial charge in [0.1, 0.15) is 0 Å². The van der Waals surface area contributed by atoms with E-state index in [0.29, 0.717) is 26.2 Å². The Hall–Kier alpha value is -1.34. The summed E-state index contributed by atoms with van der Waals surface area (Å²) in [7, 11) is 1.86. The van der Waals surface area contributed by atoms with Gasteiger partial charge in [0.05, 0.1) is 6.54 Å². The number of para-hydroxylation sites is 1. The molecule has 0 aromatic heterocycles. The highest BCUT2D eigenvalue weighted by molar-refractivity contribution is 5.96. The van der Waals surface area contributed by atoms with E-state index in [2.05, 4.69) is 16.3 Å². The van der Waals surface area contributed by atoms with E-state index in [0.717, 1.165) is 31.7 Å². The molecule has 1 fully saturated rings. The molecule has 0 bridgehead atoms. The van der Waals surface area contributed by atoms with E-state index in [4.69, 9.17) is 0 Å². The lowest BCUT2D eigenvalue weighted by Gasteiger charge is -2.36. The standard InChI is InChI=1S/C19H28N4O2.2ClH/c1-15(13-20-2)19(25)22-11-9-21(10-12-22)14-18(24)23-8-7-16-5-3-4-6-17(16)23;;/h3-6,15,20H,7-14H2,1-2H3;2*1H. The molecule has 6 nitrogen and oxygen atoms in total. The molecule has 2 amide bonds. The highest BCUT2D eigenvalue weighted by atomic mass is 35.5. The van der Waals surface area contributed by atoms with Crippen molar-refractivity contribution in [1.29, 1.82) is 0 Å². The molecule has 1 unspecified atom stereocenters. The Labute approximate surface area is 174 Å². The summed E-state index contributed by atoms with van der Waals surface area (Å²) in [5, 5.41) is 3.05. The maximum absolute atomic E-state index is 12.7. The number of hydrogen-bond acceptors (Lipinski definition) is 4. The number of halogens is 2. The van der Waals surface area contributed by atoms with Gasteiger partial charge in [0.15, 0.2) is 0 Å². The number of benzene rings is 1. The molecule has 1 aromatic carbocycles. The third-order valence-corrected chi connectivity index (χ3v) is 5.16. The van der Waals surface area contributed by atoms with Crippen molar-refractivity contribution in [1.82, 2.24) is 15.1 Å². The van der Waals surface area contributed by atoms with E-state index in [1.165, 1.54) is 5.56 Å². The average Bonchev–Trinajstić information content (AvgIpc) is 3.06. The van der Waals surface area contributed by atoms with Gasteiger partial charge >= 0.3 is 0 Å². The van der Waals surface area contributed by atoms with Crippen LogP contribution in [-0.2, 0) is 16.0 Å². The molecular weight excluding hydrogens is 387 g/mol. The molecule has 1 N–H and O–H groups in total. The van der Waals surface area contributed by atoms with Crippen molar-refractivity contribution >= 4 is 42.3 Å². The van der Waals surface area contributed by atoms with Crippen LogP contribution in [0.4, 0.5) is 5.69 Å². The van der Waals surface area contributed by atoms with Crippen LogP contribution < -0.4 is 10.2 Å². The van der Waals surface area contributed by atoms with E-state index >= 15 is 0 Å². The van der Waals surface area contributed by atoms with Crippen LogP contribution in [0.25, 0.3) is 0 Å². The first-order chi connectivity index (χ1) is 12.1. The Morgan fingerprint density at radius 1 is 1.07 bits per heavy atom. The maximum atomic E-state index is 12.7. The molecule has 3 rings (SSSR count). The topological polar surface area (TPSA) is 55.9 Å². The van der Waals surface area contributed by atoms with Gasteiger partial charge in [-0.25, -0.2) is 0 Å². The fourth-order valence-corrected chi connectivity index (χ4v) is 3.71. The average molecular weight is 417 g/mol. The van der Waals surface area contributed by atoms with Crippen molar-refractivity contribution in [3.63, 3.8) is 0 Å². The van der Waals surface area contributed by atoms with Gasteiger partial charge in [0.25, 0.3) is 0 Å². The molecule has 0 radical (unpaired) electrons. The second kappa shape index (κ2) is 10.9. The molecule has 1 atom stereocenters. The molecule has 0 spiro atoms. The van der Waals surface area contributed by atoms with Gasteiger partial charge in [-0.1, -0.05) is 25.1 Å². The quantitative estimate of drug-likeness (QED) is 0.788. The number of fused-ring (bicyclic) bond motifs is 1. The molecule has 0 aliphatic carbocycles. The van der Waals surface area contributed by atoms with Gasteiger partial charge in [-0.15, -0.1) is 24.8 Å². The summed E-state index contributed by atoms with van der Waals surface area (Å²) in [6, 6.07) is 8.14. The smallest absolute Gasteiger partial charge is 0.241 e. The normalized spacial score (nSPS) is 17.6. The Kier molecular flexibility index (Phi) is 9.53. The van der Waals surface area contributed by atoms with Crippen molar-refractivity contribution in [2.75, 3.05) is 57.8 Å². The number of anilines is 1. The Bertz CT molecular complexity index is 636. The van der Waals surface area contributed by atoms with Crippen LogP contribution in [0, 0.1) is 5.92 Å². The summed E-state index contributed by atoms with van der Waals surface area (Å²) < 4.78 is 0. The van der Waals surface area contributed by atoms with Crippen molar-refractivity contribution in [3.8, 4) is 0 Å². The molecule has 2 heterocycles. The third kappa shape index (κ3) is 5.57. The predicted molar refractivity (Wildman–Crippen MR) is 113 cm³/mol. The zero-order valence-electron chi connectivity index (χ0n) is 16.0. The van der Waals surface area contributed by atoms with Gasteiger partial charge in [-0.3, -0.25) is 14.5 Å². The summed E-state index contributed by atoms with van der Waals surface area (Å²) in [4.78, 5) is 31.0. The summed E-state index contributed by atoms with van der Waals surface area (Å²) in [6.45, 7) is 6.80. The number of nitrogens with zero attached hydrogens (tertiary/aromatic N) is 3. The van der Waals surface area contributed by atoms with Gasteiger partial charge in [-0.2, -0.15) is 0 Å². The predicted octanol–water partition coefficient (Wildman–Crippen LogP) is 1.42. The lowest BCUT2D eigenvalue weighted by atomic mass is 10.1. The molecular formula is C19H30Cl2N4O2. The van der Waals surface area contributed by atoms with Crippen molar-refractivity contribution in [2.24, 2.45) is 5.92 Å². The van der Waals surface area contributed by atoms with E-state index < -0.39 is 0 Å². The highest BCUT2D eigenvalue weighted by Gasteiger charge is 2.28. The summed E-state index contributed by atoms with van der Waals surface area (Å²) in [6.07, 6.45) is 0.938. The van der Waals surface area contributed by atoms with E-state index in [1.54, 1.807) is 0 Å². The van der Waals surface area contributed by atoms with Crippen LogP contribution in [0.2, 0.25) is 0 Å². The van der Waals surface area contributed by atoms with Crippen LogP contribution in [0.5, 0.6) is 0 Å². The van der Waals surface area contributed by atoms with Gasteiger partial charge < -0.3 is 15.1 Å². The van der Waals surface area contributed by atoms with E-state index in [1.807, 2.05) is 42.0 Å². The van der Waals surface area contributed by atoms with E-state index in [-0.39, 0.29) is 42.5 Å². The van der Waals surface area contributed by atoms with Gasteiger partial charge in [0, 0.05) is 50.9 Å². The number of rotatable bonds is 5. The second-order valence-corrected chi connectivity index (χ2v) is 6.98. The monoisotopic (exact) mass is 416 g/mol. The minimum atomic E-state index is -0.000663. The van der Waals surface area contributed by atoms with Gasteiger partial charge in [-0.05, 0) is 25.1 Å². The Morgan fingerprint density at radius 3 is 2.41 bits per heavy atom. The van der Waals surface area contributed by atoms with Crippen LogP contribution >= 0.6 is 24.8 Å². The van der Waals surface area contributed by atoms with Crippen molar-refractivity contribution in [2.45, 2.75) is 13.3 Å². The largest absolute Gasteiger partial charge is 0.340 e. The summed E-state index contributed by atoms with van der Waals surface area (Å²) >= 11 is 0. The zero-order valence-corrected chi connectivity index (χ0v) is 17.7. The molecule has 2 aliphatic rings. The number of amides is 2.